The summed E-state index contributed by atoms with van der Waals surface area (Å²) in [5.41, 5.74) is 0.215. The molecule has 0 saturated carbocycles. The molecule has 0 radical (unpaired) electrons. The van der Waals surface area contributed by atoms with E-state index in [-0.39, 0.29) is 12.6 Å². The van der Waals surface area contributed by atoms with E-state index in [1.807, 2.05) is 19.3 Å². The van der Waals surface area contributed by atoms with E-state index in [9.17, 15) is 9.59 Å². The van der Waals surface area contributed by atoms with Gasteiger partial charge in [0.2, 0.25) is 0 Å². The van der Waals surface area contributed by atoms with E-state index >= 15 is 0 Å². The summed E-state index contributed by atoms with van der Waals surface area (Å²) in [6.45, 7) is 2.57. The van der Waals surface area contributed by atoms with Crippen LogP contribution in [0, 0.1) is 0 Å². The number of urea groups is 1. The second kappa shape index (κ2) is 5.49. The summed E-state index contributed by atoms with van der Waals surface area (Å²) < 4.78 is 6.91. The number of aryl methyl sites for hydroxylation is 1. The normalized spacial score (nSPS) is 16.6. The molecule has 0 atom stereocenters. The van der Waals surface area contributed by atoms with Gasteiger partial charge < -0.3 is 20.1 Å². The molecular weight excluding hydrogens is 264 g/mol. The van der Waals surface area contributed by atoms with Crippen molar-refractivity contribution in [2.45, 2.75) is 19.1 Å². The van der Waals surface area contributed by atoms with Crippen LogP contribution >= 0.6 is 0 Å². The van der Waals surface area contributed by atoms with Crippen molar-refractivity contribution in [2.24, 2.45) is 7.05 Å². The van der Waals surface area contributed by atoms with Crippen LogP contribution in [0.5, 0.6) is 0 Å². The summed E-state index contributed by atoms with van der Waals surface area (Å²) >= 11 is 0. The van der Waals surface area contributed by atoms with Gasteiger partial charge in [-0.25, -0.2) is 9.59 Å². The zero-order chi connectivity index (χ0) is 14.8. The van der Waals surface area contributed by atoms with Crippen LogP contribution in [-0.4, -0.2) is 57.1 Å². The number of likely N-dealkylation sites (tertiary alicyclic amines) is 1. The lowest BCUT2D eigenvalue weighted by molar-refractivity contribution is -0.159. The Hall–Kier alpha value is -2.09. The number of amides is 2. The van der Waals surface area contributed by atoms with Gasteiger partial charge in [-0.15, -0.1) is 0 Å². The summed E-state index contributed by atoms with van der Waals surface area (Å²) in [4.78, 5) is 23.8. The van der Waals surface area contributed by atoms with Crippen molar-refractivity contribution in [1.82, 2.24) is 20.0 Å². The Morgan fingerprint density at radius 1 is 1.55 bits per heavy atom. The summed E-state index contributed by atoms with van der Waals surface area (Å²) in [6.07, 6.45) is 1.81. The first kappa shape index (κ1) is 14.3. The molecule has 0 bridgehead atoms. The molecule has 1 fully saturated rings. The molecule has 0 aliphatic carbocycles. The smallest absolute Gasteiger partial charge is 0.329 e. The zero-order valence-electron chi connectivity index (χ0n) is 11.5. The molecule has 1 aromatic rings. The maximum atomic E-state index is 11.8. The highest BCUT2D eigenvalue weighted by atomic mass is 16.5. The minimum Gasteiger partial charge on any atom is -0.480 e. The van der Waals surface area contributed by atoms with Crippen molar-refractivity contribution >= 4 is 12.0 Å². The van der Waals surface area contributed by atoms with E-state index in [2.05, 4.69) is 10.4 Å². The van der Waals surface area contributed by atoms with E-state index in [0.717, 1.165) is 5.69 Å². The monoisotopic (exact) mass is 282 g/mol. The van der Waals surface area contributed by atoms with Crippen LogP contribution in [0.4, 0.5) is 4.79 Å². The number of aromatic nitrogens is 2. The average molecular weight is 282 g/mol. The number of rotatable bonds is 5. The van der Waals surface area contributed by atoms with Gasteiger partial charge in [0, 0.05) is 13.2 Å². The molecule has 2 N–H and O–H groups in total. The fraction of sp³-hybridized carbons (Fsp3) is 0.583. The Labute approximate surface area is 116 Å². The Bertz CT molecular complexity index is 507. The molecule has 1 aromatic heterocycles. The lowest BCUT2D eigenvalue weighted by Crippen LogP contribution is -2.65. The minimum atomic E-state index is -1.01. The zero-order valence-corrected chi connectivity index (χ0v) is 11.5. The van der Waals surface area contributed by atoms with Crippen LogP contribution in [0.1, 0.15) is 12.6 Å². The van der Waals surface area contributed by atoms with E-state index in [4.69, 9.17) is 9.84 Å². The van der Waals surface area contributed by atoms with Crippen LogP contribution in [0.25, 0.3) is 0 Å². The van der Waals surface area contributed by atoms with Gasteiger partial charge in [-0.05, 0) is 13.0 Å². The van der Waals surface area contributed by atoms with Gasteiger partial charge in [0.15, 0.2) is 0 Å². The van der Waals surface area contributed by atoms with Crippen molar-refractivity contribution in [3.05, 3.63) is 18.0 Å². The summed E-state index contributed by atoms with van der Waals surface area (Å²) in [6, 6.07) is 1.63. The number of nitrogens with one attached hydrogen (secondary N) is 1. The lowest BCUT2D eigenvalue weighted by atomic mass is 9.97. The van der Waals surface area contributed by atoms with E-state index in [1.54, 1.807) is 16.5 Å². The molecule has 1 aliphatic rings. The molecule has 0 aromatic carbocycles. The molecule has 2 amide bonds. The molecule has 0 unspecified atom stereocenters. The molecule has 0 spiro atoms. The third-order valence-corrected chi connectivity index (χ3v) is 3.07. The van der Waals surface area contributed by atoms with E-state index < -0.39 is 11.6 Å². The Kier molecular flexibility index (Phi) is 3.93. The van der Waals surface area contributed by atoms with Gasteiger partial charge in [0.05, 0.1) is 25.3 Å². The highest BCUT2D eigenvalue weighted by Crippen LogP contribution is 2.24. The predicted molar refractivity (Wildman–Crippen MR) is 69.0 cm³/mol. The van der Waals surface area contributed by atoms with Gasteiger partial charge in [-0.1, -0.05) is 0 Å². The van der Waals surface area contributed by atoms with Gasteiger partial charge in [0.1, 0.15) is 12.2 Å². The standard InChI is InChI=1S/C12H18N4O4/c1-12(20-6-10(17)18)7-16(8-12)11(19)13-5-9-3-4-15(2)14-9/h3-4H,5-8H2,1-2H3,(H,13,19)(H,17,18). The van der Waals surface area contributed by atoms with Crippen LogP contribution < -0.4 is 5.32 Å². The second-order valence-electron chi connectivity index (χ2n) is 5.13. The first-order chi connectivity index (χ1) is 9.38. The first-order valence-electron chi connectivity index (χ1n) is 6.25. The fourth-order valence-corrected chi connectivity index (χ4v) is 2.07. The van der Waals surface area contributed by atoms with Crippen molar-refractivity contribution in [2.75, 3.05) is 19.7 Å². The molecule has 20 heavy (non-hydrogen) atoms. The maximum absolute atomic E-state index is 11.8. The highest BCUT2D eigenvalue weighted by Gasteiger charge is 2.42. The predicted octanol–water partition coefficient (Wildman–Crippen LogP) is -0.195. The molecule has 1 aliphatic heterocycles. The largest absolute Gasteiger partial charge is 0.480 e. The average Bonchev–Trinajstić information content (AvgIpc) is 2.76. The molecule has 2 rings (SSSR count). The third kappa shape index (κ3) is 3.47. The molecular formula is C12H18N4O4. The first-order valence-corrected chi connectivity index (χ1v) is 6.25. The van der Waals surface area contributed by atoms with E-state index in [1.165, 1.54) is 0 Å². The third-order valence-electron chi connectivity index (χ3n) is 3.07. The van der Waals surface area contributed by atoms with Gasteiger partial charge >= 0.3 is 12.0 Å². The number of carbonyl (C=O) groups is 2. The van der Waals surface area contributed by atoms with Crippen molar-refractivity contribution in [1.29, 1.82) is 0 Å². The molecule has 1 saturated heterocycles. The quantitative estimate of drug-likeness (QED) is 0.780. The van der Waals surface area contributed by atoms with Crippen molar-refractivity contribution < 1.29 is 19.4 Å². The molecule has 110 valence electrons. The SMILES string of the molecule is Cn1ccc(CNC(=O)N2CC(C)(OCC(=O)O)C2)n1. The number of carbonyl (C=O) groups excluding carboxylic acids is 1. The number of carboxylic acids is 1. The maximum Gasteiger partial charge on any atom is 0.329 e. The molecule has 2 heterocycles. The molecule has 8 nitrogen and oxygen atoms in total. The topological polar surface area (TPSA) is 96.7 Å². The van der Waals surface area contributed by atoms with Crippen molar-refractivity contribution in [3.63, 3.8) is 0 Å². The number of carboxylic acid groups (broad SMARTS) is 1. The number of aliphatic carboxylic acids is 1. The van der Waals surface area contributed by atoms with Crippen LogP contribution in [0.3, 0.4) is 0 Å². The lowest BCUT2D eigenvalue weighted by Gasteiger charge is -2.46. The minimum absolute atomic E-state index is 0.202. The Balaban J connectivity index is 1.72. The number of hydrogen-bond donors (Lipinski definition) is 2. The summed E-state index contributed by atoms with van der Waals surface area (Å²) in [5, 5.41) is 15.5. The number of hydrogen-bond acceptors (Lipinski definition) is 4. The van der Waals surface area contributed by atoms with Crippen LogP contribution in [0.15, 0.2) is 12.3 Å². The number of nitrogens with zero attached hydrogens (tertiary/aromatic N) is 3. The number of ether oxygens (including phenoxy) is 1. The Morgan fingerprint density at radius 2 is 2.25 bits per heavy atom. The van der Waals surface area contributed by atoms with Crippen LogP contribution in [0.2, 0.25) is 0 Å². The molecule has 8 heteroatoms. The fourth-order valence-electron chi connectivity index (χ4n) is 2.07. The second-order valence-corrected chi connectivity index (χ2v) is 5.13. The summed E-state index contributed by atoms with van der Waals surface area (Å²) in [7, 11) is 1.81. The van der Waals surface area contributed by atoms with Gasteiger partial charge in [-0.3, -0.25) is 4.68 Å². The van der Waals surface area contributed by atoms with E-state index in [0.29, 0.717) is 19.6 Å². The van der Waals surface area contributed by atoms with Crippen LogP contribution in [-0.2, 0) is 23.1 Å². The Morgan fingerprint density at radius 3 is 2.80 bits per heavy atom. The van der Waals surface area contributed by atoms with Gasteiger partial charge in [-0.2, -0.15) is 5.10 Å². The van der Waals surface area contributed by atoms with Crippen molar-refractivity contribution in [3.8, 4) is 0 Å². The van der Waals surface area contributed by atoms with Gasteiger partial charge in [0.25, 0.3) is 0 Å². The highest BCUT2D eigenvalue weighted by molar-refractivity contribution is 5.75. The summed E-state index contributed by atoms with van der Waals surface area (Å²) in [5.74, 6) is -1.01.